The van der Waals surface area contributed by atoms with Crippen LogP contribution >= 0.6 is 0 Å². The van der Waals surface area contributed by atoms with Crippen molar-refractivity contribution >= 4 is 39.6 Å². The van der Waals surface area contributed by atoms with Gasteiger partial charge in [-0.05, 0) is 61.0 Å². The molecule has 0 bridgehead atoms. The van der Waals surface area contributed by atoms with Gasteiger partial charge in [-0.25, -0.2) is 9.97 Å². The first-order valence-corrected chi connectivity index (χ1v) is 13.6. The van der Waals surface area contributed by atoms with Gasteiger partial charge in [0.15, 0.2) is 5.82 Å². The fourth-order valence-electron chi connectivity index (χ4n) is 4.26. The second-order valence-electron chi connectivity index (χ2n) is 11.9. The molecule has 40 heavy (non-hydrogen) atoms. The number of nitrogens with one attached hydrogen (secondary N) is 2. The number of carbonyl (C=O) groups is 2. The highest BCUT2D eigenvalue weighted by Crippen LogP contribution is 2.31. The molecule has 0 saturated carbocycles. The molecule has 0 spiro atoms. The molecule has 0 aliphatic carbocycles. The van der Waals surface area contributed by atoms with E-state index in [2.05, 4.69) is 15.6 Å². The summed E-state index contributed by atoms with van der Waals surface area (Å²) in [5, 5.41) is 26.8. The van der Waals surface area contributed by atoms with Crippen LogP contribution in [-0.2, 0) is 32.2 Å². The van der Waals surface area contributed by atoms with Crippen LogP contribution in [0.1, 0.15) is 67.1 Å². The smallest absolute Gasteiger partial charge is 0.244 e. The van der Waals surface area contributed by atoms with Crippen molar-refractivity contribution in [1.82, 2.24) is 19.9 Å². The minimum absolute atomic E-state index is 0.0484. The van der Waals surface area contributed by atoms with Crippen LogP contribution in [0.4, 0.5) is 5.82 Å². The second-order valence-corrected chi connectivity index (χ2v) is 11.9. The lowest BCUT2D eigenvalue weighted by molar-refractivity contribution is -0.130. The van der Waals surface area contributed by atoms with Gasteiger partial charge in [-0.15, -0.1) is 0 Å². The van der Waals surface area contributed by atoms with E-state index in [0.717, 1.165) is 10.9 Å². The molecule has 2 amide bonds. The number of hydrogen-bond donors (Lipinski definition) is 4. The summed E-state index contributed by atoms with van der Waals surface area (Å²) in [7, 11) is 0. The van der Waals surface area contributed by atoms with Crippen molar-refractivity contribution in [2.75, 3.05) is 25.1 Å². The molecule has 11 nitrogen and oxygen atoms in total. The summed E-state index contributed by atoms with van der Waals surface area (Å²) in [6, 6.07) is 7.53. The summed E-state index contributed by atoms with van der Waals surface area (Å²) in [6.07, 6.45) is 0.484. The standard InChI is InChI=1S/C29H43N5O6/c1-8-39-17-21-32-24-25(34(21)18-28(4,5)38)19-11-9-10-12-20(19)31-26(24)33-23(36)16-30-22(35)15-29(6,7)40-14-13-27(2,3)37/h9-12,37-38H,8,13-18H2,1-7H3,(H,30,35)(H,31,33,36). The lowest BCUT2D eigenvalue weighted by Gasteiger charge is -2.26. The molecule has 220 valence electrons. The Hall–Kier alpha value is -3.12. The summed E-state index contributed by atoms with van der Waals surface area (Å²) in [4.78, 5) is 34.9. The second kappa shape index (κ2) is 12.6. The molecule has 0 aliphatic rings. The third kappa shape index (κ3) is 8.95. The Balaban J connectivity index is 1.80. The number of aromatic nitrogens is 3. The number of aliphatic hydroxyl groups is 2. The highest BCUT2D eigenvalue weighted by molar-refractivity contribution is 6.10. The normalized spacial score (nSPS) is 12.7. The van der Waals surface area contributed by atoms with Crippen LogP contribution in [0.15, 0.2) is 24.3 Å². The first-order chi connectivity index (χ1) is 18.6. The number of anilines is 1. The zero-order chi connectivity index (χ0) is 29.7. The molecule has 0 atom stereocenters. The molecule has 2 aromatic heterocycles. The van der Waals surface area contributed by atoms with Crippen LogP contribution in [0, 0.1) is 0 Å². The molecule has 11 heteroatoms. The third-order valence-electron chi connectivity index (χ3n) is 6.14. The van der Waals surface area contributed by atoms with Gasteiger partial charge < -0.3 is 34.9 Å². The van der Waals surface area contributed by atoms with E-state index in [4.69, 9.17) is 14.5 Å². The van der Waals surface area contributed by atoms with E-state index in [1.807, 2.05) is 35.8 Å². The molecule has 4 N–H and O–H groups in total. The highest BCUT2D eigenvalue weighted by atomic mass is 16.5. The molecular formula is C29H43N5O6. The van der Waals surface area contributed by atoms with Crippen molar-refractivity contribution in [1.29, 1.82) is 0 Å². The van der Waals surface area contributed by atoms with Gasteiger partial charge in [0.2, 0.25) is 11.8 Å². The van der Waals surface area contributed by atoms with E-state index in [9.17, 15) is 19.8 Å². The highest BCUT2D eigenvalue weighted by Gasteiger charge is 2.26. The van der Waals surface area contributed by atoms with Gasteiger partial charge in [-0.3, -0.25) is 9.59 Å². The first kappa shape index (κ1) is 31.4. The molecule has 3 rings (SSSR count). The number of rotatable bonds is 14. The van der Waals surface area contributed by atoms with Crippen LogP contribution in [0.3, 0.4) is 0 Å². The average molecular weight is 558 g/mol. The number of fused-ring (bicyclic) bond motifs is 3. The van der Waals surface area contributed by atoms with Gasteiger partial charge in [0, 0.05) is 12.0 Å². The van der Waals surface area contributed by atoms with E-state index in [1.54, 1.807) is 41.5 Å². The Kier molecular flexibility index (Phi) is 9.89. The van der Waals surface area contributed by atoms with Gasteiger partial charge in [0.05, 0.1) is 54.0 Å². The summed E-state index contributed by atoms with van der Waals surface area (Å²) in [6.45, 7) is 13.3. The van der Waals surface area contributed by atoms with E-state index < -0.39 is 22.7 Å². The molecule has 1 aromatic carbocycles. The first-order valence-electron chi connectivity index (χ1n) is 13.6. The minimum atomic E-state index is -1.03. The Labute approximate surface area is 235 Å². The quantitative estimate of drug-likeness (QED) is 0.236. The van der Waals surface area contributed by atoms with Crippen molar-refractivity contribution in [3.8, 4) is 0 Å². The Morgan fingerprint density at radius 1 is 1.00 bits per heavy atom. The largest absolute Gasteiger partial charge is 0.390 e. The van der Waals surface area contributed by atoms with Crippen LogP contribution in [0.25, 0.3) is 21.9 Å². The third-order valence-corrected chi connectivity index (χ3v) is 6.14. The maximum Gasteiger partial charge on any atom is 0.244 e. The predicted molar refractivity (Wildman–Crippen MR) is 154 cm³/mol. The zero-order valence-corrected chi connectivity index (χ0v) is 24.6. The molecule has 0 radical (unpaired) electrons. The molecule has 0 aliphatic heterocycles. The zero-order valence-electron chi connectivity index (χ0n) is 24.6. The number of hydrogen-bond acceptors (Lipinski definition) is 8. The Morgan fingerprint density at radius 3 is 2.35 bits per heavy atom. The fourth-order valence-corrected chi connectivity index (χ4v) is 4.26. The van der Waals surface area contributed by atoms with E-state index in [-0.39, 0.29) is 37.8 Å². The number of amides is 2. The molecule has 0 fully saturated rings. The number of carbonyl (C=O) groups excluding carboxylic acids is 2. The monoisotopic (exact) mass is 557 g/mol. The van der Waals surface area contributed by atoms with Gasteiger partial charge in [0.1, 0.15) is 17.9 Å². The molecule has 0 unspecified atom stereocenters. The topological polar surface area (TPSA) is 148 Å². The fraction of sp³-hybridized carbons (Fsp3) is 0.586. The summed E-state index contributed by atoms with van der Waals surface area (Å²) in [5.74, 6) is 0.0679. The SMILES string of the molecule is CCOCc1nc2c(NC(=O)CNC(=O)CC(C)(C)OCCC(C)(C)O)nc3ccccc3c2n1CC(C)(C)O. The van der Waals surface area contributed by atoms with Crippen LogP contribution in [-0.4, -0.2) is 73.1 Å². The number of pyridine rings is 1. The van der Waals surface area contributed by atoms with Gasteiger partial charge >= 0.3 is 0 Å². The lowest BCUT2D eigenvalue weighted by atomic mass is 10.0. The molecular weight excluding hydrogens is 514 g/mol. The Bertz CT molecular complexity index is 1340. The number of imidazole rings is 1. The van der Waals surface area contributed by atoms with Crippen molar-refractivity contribution in [3.63, 3.8) is 0 Å². The number of para-hydroxylation sites is 1. The predicted octanol–water partition coefficient (Wildman–Crippen LogP) is 3.29. The maximum atomic E-state index is 12.9. The van der Waals surface area contributed by atoms with Crippen LogP contribution in [0.2, 0.25) is 0 Å². The van der Waals surface area contributed by atoms with Gasteiger partial charge in [0.25, 0.3) is 0 Å². The Morgan fingerprint density at radius 2 is 1.70 bits per heavy atom. The average Bonchev–Trinajstić information content (AvgIpc) is 3.17. The number of nitrogens with zero attached hydrogens (tertiary/aromatic N) is 3. The van der Waals surface area contributed by atoms with Crippen molar-refractivity contribution in [2.24, 2.45) is 0 Å². The van der Waals surface area contributed by atoms with Crippen molar-refractivity contribution < 1.29 is 29.3 Å². The van der Waals surface area contributed by atoms with Gasteiger partial charge in [-0.2, -0.15) is 0 Å². The minimum Gasteiger partial charge on any atom is -0.390 e. The summed E-state index contributed by atoms with van der Waals surface area (Å²) >= 11 is 0. The van der Waals surface area contributed by atoms with E-state index >= 15 is 0 Å². The van der Waals surface area contributed by atoms with Crippen molar-refractivity contribution in [2.45, 2.75) is 91.3 Å². The maximum absolute atomic E-state index is 12.9. The van der Waals surface area contributed by atoms with Crippen molar-refractivity contribution in [3.05, 3.63) is 30.1 Å². The molecule has 3 aromatic rings. The van der Waals surface area contributed by atoms with E-state index in [0.29, 0.717) is 36.5 Å². The summed E-state index contributed by atoms with van der Waals surface area (Å²) < 4.78 is 13.3. The van der Waals surface area contributed by atoms with E-state index in [1.165, 1.54) is 0 Å². The number of benzene rings is 1. The molecule has 2 heterocycles. The number of ether oxygens (including phenoxy) is 2. The lowest BCUT2D eigenvalue weighted by Crippen LogP contribution is -2.38. The van der Waals surface area contributed by atoms with Crippen LogP contribution in [0.5, 0.6) is 0 Å². The van der Waals surface area contributed by atoms with Crippen LogP contribution < -0.4 is 10.6 Å². The summed E-state index contributed by atoms with van der Waals surface area (Å²) in [5.41, 5.74) is -0.794. The molecule has 0 saturated heterocycles. The van der Waals surface area contributed by atoms with Gasteiger partial charge in [-0.1, -0.05) is 18.2 Å².